The number of fused-ring (bicyclic) bond motifs is 1. The number of ether oxygens (including phenoxy) is 4. The van der Waals surface area contributed by atoms with Crippen molar-refractivity contribution in [1.29, 1.82) is 0 Å². The Kier molecular flexibility index (Phi) is 19.1. The number of nitrogens with one attached hydrogen (secondary N) is 2. The smallest absolute Gasteiger partial charge is 0.407 e. The van der Waals surface area contributed by atoms with Gasteiger partial charge in [0.25, 0.3) is 11.5 Å². The van der Waals surface area contributed by atoms with Crippen LogP contribution in [0.1, 0.15) is 122 Å². The second-order valence-corrected chi connectivity index (χ2v) is 21.9. The number of hydrogen-bond donors (Lipinski definition) is 2. The standard InChI is InChI=1S/C27H36ClN5O6.C27H34ClN5O5/c1-17(34)22-23(24(36)31(5)16-21(35)38-6)33(14-18-10-7-8-12-20(18)28)25(30-22)32-13-9-11-19(15-32)29-26(37)39-27(2,3)4;1-16-20-22(23(34)31(5)21(16)24(35)37-6)33(14-17-10-7-8-12-19(17)28)25(30-20)32-13-9-11-18(15-32)29-26(36)38-27(2,3)4/h7-8,10,12,19H,9,11,13-16H2,1-6H3,(H,29,37);7-8,10,12,18H,9,11,13-15H2,1-6H3,(H,29,36)/t19-;18-/m11/s1. The van der Waals surface area contributed by atoms with Crippen molar-refractivity contribution in [3.63, 3.8) is 0 Å². The van der Waals surface area contributed by atoms with Crippen molar-refractivity contribution < 1.29 is 47.7 Å². The van der Waals surface area contributed by atoms with Gasteiger partial charge < -0.3 is 58.0 Å². The van der Waals surface area contributed by atoms with Crippen LogP contribution in [0.3, 0.4) is 0 Å². The molecule has 0 radical (unpaired) electrons. The van der Waals surface area contributed by atoms with E-state index in [0.717, 1.165) is 36.8 Å². The van der Waals surface area contributed by atoms with Gasteiger partial charge in [-0.15, -0.1) is 0 Å². The van der Waals surface area contributed by atoms with Crippen LogP contribution in [0.25, 0.3) is 11.0 Å². The number of amides is 3. The molecule has 416 valence electrons. The fourth-order valence-corrected chi connectivity index (χ4v) is 9.61. The first-order chi connectivity index (χ1) is 36.2. The highest BCUT2D eigenvalue weighted by Gasteiger charge is 2.35. The second-order valence-electron chi connectivity index (χ2n) is 21.1. The second kappa shape index (κ2) is 24.9. The lowest BCUT2D eigenvalue weighted by Crippen LogP contribution is -2.49. The molecule has 0 spiro atoms. The van der Waals surface area contributed by atoms with E-state index in [1.807, 2.05) is 60.6 Å². The van der Waals surface area contributed by atoms with Gasteiger partial charge in [0.15, 0.2) is 5.78 Å². The quantitative estimate of drug-likeness (QED) is 0.0659. The number of alkyl carbamates (subject to hydrolysis) is 2. The van der Waals surface area contributed by atoms with E-state index in [9.17, 15) is 33.6 Å². The molecule has 5 aromatic rings. The molecule has 3 amide bonds. The molecule has 0 unspecified atom stereocenters. The van der Waals surface area contributed by atoms with Gasteiger partial charge in [-0.05, 0) is 97.4 Å². The predicted molar refractivity (Wildman–Crippen MR) is 293 cm³/mol. The fourth-order valence-electron chi connectivity index (χ4n) is 9.22. The molecule has 2 fully saturated rings. The third-order valence-corrected chi connectivity index (χ3v) is 13.5. The highest BCUT2D eigenvalue weighted by molar-refractivity contribution is 6.31. The number of Topliss-reactive ketones (excluding diaryl/α,β-unsaturated/α-hetero) is 1. The number of carbonyl (C=O) groups is 6. The Balaban J connectivity index is 0.000000250. The lowest BCUT2D eigenvalue weighted by molar-refractivity contribution is -0.141. The molecule has 2 aliphatic heterocycles. The minimum Gasteiger partial charge on any atom is -0.468 e. The van der Waals surface area contributed by atoms with Gasteiger partial charge in [0.05, 0.1) is 27.3 Å². The number of anilines is 2. The SMILES string of the molecule is COC(=O)CN(C)C(=O)c1c(C(C)=O)nc(N2CCC[C@@H](NC(=O)OC(C)(C)C)C2)n1Cc1ccccc1Cl.COC(=O)c1c(C)c2nc(N3CCC[C@@H](NC(=O)OC(C)(C)C)C3)n(Cc3ccccc3Cl)c2c(=O)n1C. The van der Waals surface area contributed by atoms with Gasteiger partial charge >= 0.3 is 24.1 Å². The molecule has 0 bridgehead atoms. The molecule has 0 saturated carbocycles. The first-order valence-electron chi connectivity index (χ1n) is 25.3. The highest BCUT2D eigenvalue weighted by Crippen LogP contribution is 2.31. The van der Waals surface area contributed by atoms with Gasteiger partial charge in [0.2, 0.25) is 11.9 Å². The summed E-state index contributed by atoms with van der Waals surface area (Å²) < 4.78 is 25.3. The molecule has 7 rings (SSSR count). The zero-order chi connectivity index (χ0) is 56.7. The number of benzene rings is 2. The average Bonchev–Trinajstić information content (AvgIpc) is 3.93. The molecule has 21 nitrogen and oxygen atoms in total. The van der Waals surface area contributed by atoms with E-state index >= 15 is 0 Å². The Morgan fingerprint density at radius 2 is 1.21 bits per heavy atom. The summed E-state index contributed by atoms with van der Waals surface area (Å²) in [5.74, 6) is -1.20. The molecule has 23 heteroatoms. The van der Waals surface area contributed by atoms with Gasteiger partial charge in [-0.25, -0.2) is 24.4 Å². The number of methoxy groups -OCH3 is 2. The molecule has 2 aliphatic rings. The number of pyridine rings is 1. The maximum atomic E-state index is 13.6. The molecule has 2 N–H and O–H groups in total. The summed E-state index contributed by atoms with van der Waals surface area (Å²) in [5.41, 5.74) is 1.49. The summed E-state index contributed by atoms with van der Waals surface area (Å²) in [5, 5.41) is 6.94. The van der Waals surface area contributed by atoms with Crippen LogP contribution in [0.5, 0.6) is 0 Å². The van der Waals surface area contributed by atoms with Crippen molar-refractivity contribution in [3.05, 3.63) is 103 Å². The molecule has 3 aromatic heterocycles. The lowest BCUT2D eigenvalue weighted by atomic mass is 10.1. The van der Waals surface area contributed by atoms with Crippen LogP contribution in [0, 0.1) is 6.92 Å². The molecular formula is C54H70Cl2N10O11. The van der Waals surface area contributed by atoms with Crippen molar-refractivity contribution in [2.75, 3.05) is 63.8 Å². The highest BCUT2D eigenvalue weighted by atomic mass is 35.5. The number of rotatable bonds is 13. The van der Waals surface area contributed by atoms with Crippen molar-refractivity contribution in [1.82, 2.24) is 39.2 Å². The van der Waals surface area contributed by atoms with E-state index in [1.165, 1.54) is 37.7 Å². The van der Waals surface area contributed by atoms with Crippen molar-refractivity contribution in [2.45, 2.75) is 117 Å². The van der Waals surface area contributed by atoms with E-state index in [1.54, 1.807) is 57.5 Å². The number of likely N-dealkylation sites (N-methyl/N-ethyl adjacent to an activating group) is 1. The van der Waals surface area contributed by atoms with E-state index in [4.69, 9.17) is 47.1 Å². The van der Waals surface area contributed by atoms with E-state index in [-0.39, 0.29) is 47.8 Å². The average molecular weight is 1110 g/mol. The maximum absolute atomic E-state index is 13.6. The number of ketones is 1. The Morgan fingerprint density at radius 3 is 1.66 bits per heavy atom. The Morgan fingerprint density at radius 1 is 0.727 bits per heavy atom. The molecular weight excluding hydrogens is 1040 g/mol. The largest absolute Gasteiger partial charge is 0.468 e. The molecule has 2 saturated heterocycles. The van der Waals surface area contributed by atoms with Gasteiger partial charge in [-0.2, -0.15) is 0 Å². The number of carbonyl (C=O) groups excluding carboxylic acids is 6. The summed E-state index contributed by atoms with van der Waals surface area (Å²) in [7, 11) is 5.52. The number of nitrogens with zero attached hydrogens (tertiary/aromatic N) is 8. The van der Waals surface area contributed by atoms with E-state index in [2.05, 4.69) is 20.5 Å². The van der Waals surface area contributed by atoms with Gasteiger partial charge in [0, 0.05) is 74.9 Å². The van der Waals surface area contributed by atoms with Gasteiger partial charge in [-0.1, -0.05) is 59.6 Å². The third kappa shape index (κ3) is 14.7. The lowest BCUT2D eigenvalue weighted by Gasteiger charge is -2.34. The van der Waals surface area contributed by atoms with Gasteiger partial charge in [-0.3, -0.25) is 19.2 Å². The Hall–Kier alpha value is -7.13. The normalized spacial score (nSPS) is 15.7. The number of aryl methyl sites for hydroxylation is 1. The van der Waals surface area contributed by atoms with Crippen molar-refractivity contribution in [2.24, 2.45) is 7.05 Å². The molecule has 5 heterocycles. The zero-order valence-corrected chi connectivity index (χ0v) is 47.4. The van der Waals surface area contributed by atoms with Crippen LogP contribution in [-0.4, -0.2) is 142 Å². The van der Waals surface area contributed by atoms with Crippen LogP contribution in [-0.2, 0) is 43.9 Å². The van der Waals surface area contributed by atoms with Crippen LogP contribution >= 0.6 is 23.2 Å². The fraction of sp³-hybridized carbons (Fsp3) is 0.500. The topological polar surface area (TPSA) is 231 Å². The summed E-state index contributed by atoms with van der Waals surface area (Å²) in [6, 6.07) is 14.2. The number of esters is 2. The number of imidazole rings is 2. The minimum atomic E-state index is -0.633. The maximum Gasteiger partial charge on any atom is 0.407 e. The summed E-state index contributed by atoms with van der Waals surface area (Å²) in [4.78, 5) is 104. The Labute approximate surface area is 458 Å². The predicted octanol–water partition coefficient (Wildman–Crippen LogP) is 7.55. The van der Waals surface area contributed by atoms with E-state index < -0.39 is 47.0 Å². The number of aromatic nitrogens is 5. The minimum absolute atomic E-state index is 0.0130. The molecule has 77 heavy (non-hydrogen) atoms. The number of piperidine rings is 2. The van der Waals surface area contributed by atoms with Crippen LogP contribution in [0.2, 0.25) is 10.0 Å². The molecule has 2 atom stereocenters. The number of hydrogen-bond acceptors (Lipinski definition) is 15. The van der Waals surface area contributed by atoms with Crippen LogP contribution in [0.4, 0.5) is 21.5 Å². The summed E-state index contributed by atoms with van der Waals surface area (Å²) in [6.07, 6.45) is 2.07. The Bertz CT molecular complexity index is 3080. The monoisotopic (exact) mass is 1100 g/mol. The van der Waals surface area contributed by atoms with Crippen LogP contribution < -0.4 is 26.0 Å². The zero-order valence-electron chi connectivity index (χ0n) is 45.9. The third-order valence-electron chi connectivity index (χ3n) is 12.7. The molecule has 2 aromatic carbocycles. The summed E-state index contributed by atoms with van der Waals surface area (Å²) >= 11 is 13.0. The molecule has 0 aliphatic carbocycles. The van der Waals surface area contributed by atoms with E-state index in [0.29, 0.717) is 71.3 Å². The first-order valence-corrected chi connectivity index (χ1v) is 26.0. The summed E-state index contributed by atoms with van der Waals surface area (Å²) in [6.45, 7) is 16.3. The van der Waals surface area contributed by atoms with Gasteiger partial charge in [0.1, 0.15) is 45.9 Å². The van der Waals surface area contributed by atoms with Crippen molar-refractivity contribution in [3.8, 4) is 0 Å². The first kappa shape index (κ1) is 59.1. The van der Waals surface area contributed by atoms with Crippen molar-refractivity contribution >= 4 is 81.9 Å². The number of halogens is 2. The van der Waals surface area contributed by atoms with Crippen LogP contribution in [0.15, 0.2) is 53.3 Å².